The van der Waals surface area contributed by atoms with E-state index in [1.54, 1.807) is 36.5 Å². The molecule has 0 saturated heterocycles. The fourth-order valence-electron chi connectivity index (χ4n) is 3.24. The molecule has 0 spiro atoms. The average Bonchev–Trinajstić information content (AvgIpc) is 3.14. The molecule has 0 saturated carbocycles. The number of hydrogen-bond acceptors (Lipinski definition) is 7. The van der Waals surface area contributed by atoms with Gasteiger partial charge in [-0.05, 0) is 36.6 Å². The van der Waals surface area contributed by atoms with E-state index >= 15 is 0 Å². The Kier molecular flexibility index (Phi) is 6.78. The molecular formula is C23H18Cl2N4O3S. The van der Waals surface area contributed by atoms with E-state index in [-0.39, 0.29) is 27.2 Å². The highest BCUT2D eigenvalue weighted by molar-refractivity contribution is 7.98. The summed E-state index contributed by atoms with van der Waals surface area (Å²) in [6.07, 6.45) is 5.14. The van der Waals surface area contributed by atoms with Crippen LogP contribution in [-0.4, -0.2) is 42.9 Å². The number of ether oxygens (including phenoxy) is 1. The summed E-state index contributed by atoms with van der Waals surface area (Å²) in [4.78, 5) is 13.4. The maximum absolute atomic E-state index is 11.3. The Labute approximate surface area is 204 Å². The summed E-state index contributed by atoms with van der Waals surface area (Å²) in [5, 5.41) is 21.9. The molecule has 0 aliphatic carbocycles. The SMILES string of the molecule is C=CCOc1cccc(-c2c(-c3ccnc(SC)n3)nc(-c3c(Cl)cc(O)cc3Cl)n2O)c1. The van der Waals surface area contributed by atoms with Crippen molar-refractivity contribution in [3.05, 3.63) is 71.4 Å². The lowest BCUT2D eigenvalue weighted by Crippen LogP contribution is -1.99. The van der Waals surface area contributed by atoms with E-state index < -0.39 is 0 Å². The van der Waals surface area contributed by atoms with E-state index in [4.69, 9.17) is 27.9 Å². The smallest absolute Gasteiger partial charge is 0.187 e. The van der Waals surface area contributed by atoms with Gasteiger partial charge >= 0.3 is 0 Å². The lowest BCUT2D eigenvalue weighted by atomic mass is 10.1. The van der Waals surface area contributed by atoms with E-state index in [9.17, 15) is 10.3 Å². The molecule has 4 aromatic rings. The van der Waals surface area contributed by atoms with Crippen LogP contribution in [0.25, 0.3) is 34.0 Å². The summed E-state index contributed by atoms with van der Waals surface area (Å²) in [6, 6.07) is 11.6. The van der Waals surface area contributed by atoms with Gasteiger partial charge < -0.3 is 15.1 Å². The minimum Gasteiger partial charge on any atom is -0.508 e. The third kappa shape index (κ3) is 4.64. The van der Waals surface area contributed by atoms with E-state index in [0.717, 1.165) is 4.73 Å². The molecule has 33 heavy (non-hydrogen) atoms. The fourth-order valence-corrected chi connectivity index (χ4v) is 4.25. The minimum absolute atomic E-state index is 0.0942. The minimum atomic E-state index is -0.0993. The summed E-state index contributed by atoms with van der Waals surface area (Å²) in [5.41, 5.74) is 2.15. The van der Waals surface area contributed by atoms with E-state index in [1.165, 1.54) is 23.9 Å². The summed E-state index contributed by atoms with van der Waals surface area (Å²) in [6.45, 7) is 4.00. The molecule has 2 heterocycles. The van der Waals surface area contributed by atoms with Gasteiger partial charge in [0.25, 0.3) is 0 Å². The number of nitrogens with zero attached hydrogens (tertiary/aromatic N) is 4. The van der Waals surface area contributed by atoms with Crippen LogP contribution in [-0.2, 0) is 0 Å². The van der Waals surface area contributed by atoms with Gasteiger partial charge in [0.2, 0.25) is 0 Å². The van der Waals surface area contributed by atoms with Crippen molar-refractivity contribution in [1.82, 2.24) is 19.7 Å². The zero-order chi connectivity index (χ0) is 23.5. The van der Waals surface area contributed by atoms with Crippen molar-refractivity contribution in [3.8, 4) is 45.5 Å². The zero-order valence-electron chi connectivity index (χ0n) is 17.4. The first kappa shape index (κ1) is 23.0. The van der Waals surface area contributed by atoms with Gasteiger partial charge in [0.1, 0.15) is 29.5 Å². The largest absolute Gasteiger partial charge is 0.508 e. The Hall–Kier alpha value is -3.20. The van der Waals surface area contributed by atoms with Gasteiger partial charge in [0.05, 0.1) is 21.3 Å². The third-order valence-electron chi connectivity index (χ3n) is 4.64. The zero-order valence-corrected chi connectivity index (χ0v) is 19.7. The number of benzene rings is 2. The molecule has 0 amide bonds. The number of aromatic nitrogens is 4. The monoisotopic (exact) mass is 500 g/mol. The van der Waals surface area contributed by atoms with Crippen LogP contribution in [0.1, 0.15) is 0 Å². The lowest BCUT2D eigenvalue weighted by molar-refractivity contribution is 0.195. The van der Waals surface area contributed by atoms with Gasteiger partial charge in [-0.2, -0.15) is 4.73 Å². The van der Waals surface area contributed by atoms with Crippen molar-refractivity contribution in [1.29, 1.82) is 0 Å². The van der Waals surface area contributed by atoms with Crippen LogP contribution in [0.4, 0.5) is 0 Å². The molecule has 0 radical (unpaired) electrons. The lowest BCUT2D eigenvalue weighted by Gasteiger charge is -2.10. The number of aromatic hydroxyl groups is 1. The molecule has 2 N–H and O–H groups in total. The Morgan fingerprint density at radius 1 is 1.15 bits per heavy atom. The summed E-state index contributed by atoms with van der Waals surface area (Å²) in [5.74, 6) is 0.587. The first-order valence-corrected chi connectivity index (χ1v) is 11.6. The van der Waals surface area contributed by atoms with E-state index in [2.05, 4.69) is 21.5 Å². The van der Waals surface area contributed by atoms with Crippen molar-refractivity contribution in [2.45, 2.75) is 5.16 Å². The molecule has 10 heteroatoms. The normalized spacial score (nSPS) is 10.9. The number of rotatable bonds is 7. The summed E-state index contributed by atoms with van der Waals surface area (Å²) in [7, 11) is 0. The summed E-state index contributed by atoms with van der Waals surface area (Å²) < 4.78 is 6.56. The molecule has 0 unspecified atom stereocenters. The maximum Gasteiger partial charge on any atom is 0.187 e. The molecule has 0 fully saturated rings. The molecule has 2 aromatic heterocycles. The van der Waals surface area contributed by atoms with Gasteiger partial charge in [-0.25, -0.2) is 15.0 Å². The molecule has 2 aromatic carbocycles. The number of hydrogen-bond donors (Lipinski definition) is 2. The number of phenols is 1. The maximum atomic E-state index is 11.3. The van der Waals surface area contributed by atoms with E-state index in [0.29, 0.717) is 40.2 Å². The second kappa shape index (κ2) is 9.74. The second-order valence-corrected chi connectivity index (χ2v) is 8.37. The predicted molar refractivity (Wildman–Crippen MR) is 130 cm³/mol. The number of imidazole rings is 1. The van der Waals surface area contributed by atoms with Crippen LogP contribution >= 0.6 is 35.0 Å². The molecule has 168 valence electrons. The second-order valence-electron chi connectivity index (χ2n) is 6.78. The first-order chi connectivity index (χ1) is 15.9. The van der Waals surface area contributed by atoms with Crippen LogP contribution in [0.2, 0.25) is 10.0 Å². The molecule has 0 aliphatic rings. The molecule has 0 bridgehead atoms. The van der Waals surface area contributed by atoms with Crippen LogP contribution in [0.3, 0.4) is 0 Å². The average molecular weight is 501 g/mol. The Balaban J connectivity index is 1.98. The molecule has 4 rings (SSSR count). The standard InChI is InChI=1S/C23H18Cl2N4O3S/c1-3-9-32-15-6-4-5-13(10-15)21-20(18-7-8-26-23(27-18)33-2)28-22(29(21)31)19-16(24)11-14(30)12-17(19)25/h3-8,10-12,30-31H,1,9H2,2H3. The predicted octanol–water partition coefficient (Wildman–Crippen LogP) is 6.21. The van der Waals surface area contributed by atoms with Gasteiger partial charge in [0.15, 0.2) is 11.0 Å². The van der Waals surface area contributed by atoms with Crippen LogP contribution in [0, 0.1) is 0 Å². The molecule has 7 nitrogen and oxygen atoms in total. The Morgan fingerprint density at radius 3 is 2.61 bits per heavy atom. The highest BCUT2D eigenvalue weighted by Gasteiger charge is 2.25. The van der Waals surface area contributed by atoms with Crippen molar-refractivity contribution in [3.63, 3.8) is 0 Å². The Morgan fingerprint density at radius 2 is 1.91 bits per heavy atom. The quantitative estimate of drug-likeness (QED) is 0.135. The van der Waals surface area contributed by atoms with Crippen LogP contribution < -0.4 is 4.74 Å². The van der Waals surface area contributed by atoms with Crippen LogP contribution in [0.15, 0.2) is 66.5 Å². The van der Waals surface area contributed by atoms with Crippen LogP contribution in [0.5, 0.6) is 11.5 Å². The Bertz CT molecular complexity index is 1320. The van der Waals surface area contributed by atoms with E-state index in [1.807, 2.05) is 12.3 Å². The third-order valence-corrected chi connectivity index (χ3v) is 5.80. The number of phenolic OH excluding ortho intramolecular Hbond substituents is 1. The highest BCUT2D eigenvalue weighted by atomic mass is 35.5. The van der Waals surface area contributed by atoms with Crippen molar-refractivity contribution in [2.75, 3.05) is 12.9 Å². The van der Waals surface area contributed by atoms with Crippen molar-refractivity contribution < 1.29 is 15.1 Å². The topological polar surface area (TPSA) is 93.3 Å². The first-order valence-electron chi connectivity index (χ1n) is 9.64. The van der Waals surface area contributed by atoms with Gasteiger partial charge in [-0.3, -0.25) is 0 Å². The fraction of sp³-hybridized carbons (Fsp3) is 0.0870. The van der Waals surface area contributed by atoms with Crippen molar-refractivity contribution >= 4 is 35.0 Å². The van der Waals surface area contributed by atoms with Gasteiger partial charge in [-0.1, -0.05) is 59.8 Å². The molecule has 0 atom stereocenters. The summed E-state index contributed by atoms with van der Waals surface area (Å²) >= 11 is 14.1. The molecular weight excluding hydrogens is 483 g/mol. The highest BCUT2D eigenvalue weighted by Crippen LogP contribution is 2.41. The number of thioether (sulfide) groups is 1. The number of halogens is 2. The molecule has 0 aliphatic heterocycles. The van der Waals surface area contributed by atoms with Crippen molar-refractivity contribution in [2.24, 2.45) is 0 Å². The van der Waals surface area contributed by atoms with Gasteiger partial charge in [0, 0.05) is 11.8 Å². The van der Waals surface area contributed by atoms with Gasteiger partial charge in [-0.15, -0.1) is 0 Å².